The molecule has 0 spiro atoms. The monoisotopic (exact) mass is 1460 g/mol. The number of halogens is 2. The molecule has 2 aromatic carbocycles. The highest BCUT2D eigenvalue weighted by Gasteiger charge is 2.37. The molecule has 496 valence electrons. The first kappa shape index (κ1) is 70.5. The van der Waals surface area contributed by atoms with Gasteiger partial charge in [0.15, 0.2) is 20.2 Å². The summed E-state index contributed by atoms with van der Waals surface area (Å²) in [5.41, 5.74) is 7.83. The molecule has 0 radical (unpaired) electrons. The minimum Gasteiger partial charge on any atom is -0.394 e. The maximum atomic E-state index is 12.7. The summed E-state index contributed by atoms with van der Waals surface area (Å²) < 4.78 is 115. The molecule has 0 aliphatic carbocycles. The first-order valence-corrected chi connectivity index (χ1v) is 38.2. The van der Waals surface area contributed by atoms with Crippen LogP contribution >= 0.6 is 57.4 Å². The Morgan fingerprint density at radius 3 is 1.54 bits per heavy atom. The van der Waals surface area contributed by atoms with Gasteiger partial charge in [0.05, 0.1) is 88.8 Å². The van der Waals surface area contributed by atoms with Gasteiger partial charge < -0.3 is 10.2 Å². The fourth-order valence-corrected chi connectivity index (χ4v) is 18.0. The van der Waals surface area contributed by atoms with Crippen LogP contribution in [0.4, 0.5) is 0 Å². The number of aliphatic hydroxyl groups is 2. The number of aliphatic hydroxyl groups excluding tert-OH is 2. The van der Waals surface area contributed by atoms with Crippen molar-refractivity contribution in [3.8, 4) is 21.8 Å². The molecule has 95 heavy (non-hydrogen) atoms. The van der Waals surface area contributed by atoms with Crippen molar-refractivity contribution < 1.29 is 43.9 Å². The Kier molecular flexibility index (Phi) is 22.6. The Morgan fingerprint density at radius 2 is 1.08 bits per heavy atom. The predicted molar refractivity (Wildman–Crippen MR) is 370 cm³/mol. The van der Waals surface area contributed by atoms with Crippen LogP contribution < -0.4 is 18.9 Å². The standard InChI is InChI=1S/C16H13N5O2S2.C16H14N4O2S3.C15H13Cl2N3O3S.C14H21N3O3S/c22-25(23,16-13-2-1-7-17-14(13)9-18-16)19-8-11-3-5-12(6-4-11)15-10-24-21-20-15;1-10-20-14(9-23-10)15-5-4-11(24-15)7-19-25(21,22)16-12-3-2-6-17-13(12)8-18-16;16-10-4-9(5-11(17)6-10)14(8-21)20-24(22,23)15-12-2-1-3-18-13(12)7-19-15;1-4-6-12(18)14(2,3)17-21(19,20)13-10-7-5-8-15-11(10)9-16-13/h1-7,10,19H,8-9H2;2-6,9,19H,7-8H2,1H3;1-6,14,20-21H,7-8H2;5,7-8,12,17-18H,4,6,9H2,1-3H3. The summed E-state index contributed by atoms with van der Waals surface area (Å²) in [5.74, 6) is 0. The molecule has 4 aliphatic rings. The molecule has 11 heterocycles. The first-order valence-electron chi connectivity index (χ1n) is 29.0. The zero-order valence-corrected chi connectivity index (χ0v) is 58.2. The van der Waals surface area contributed by atoms with Gasteiger partial charge in [-0.15, -0.1) is 27.8 Å². The van der Waals surface area contributed by atoms with E-state index in [4.69, 9.17) is 23.2 Å². The average Bonchev–Trinajstić information content (AvgIpc) is 1.73. The van der Waals surface area contributed by atoms with Crippen molar-refractivity contribution in [2.45, 2.75) is 97.5 Å². The number of aryl methyl sites for hydroxylation is 1. The minimum absolute atomic E-state index is 0.00220. The number of aromatic nitrogens is 7. The van der Waals surface area contributed by atoms with Gasteiger partial charge in [-0.1, -0.05) is 65.3 Å². The Morgan fingerprint density at radius 1 is 0.600 bits per heavy atom. The van der Waals surface area contributed by atoms with E-state index < -0.39 is 64.4 Å². The molecule has 2 unspecified atom stereocenters. The molecule has 6 N–H and O–H groups in total. The maximum Gasteiger partial charge on any atom is 0.258 e. The fraction of sp³-hybridized carbons (Fsp3) is 0.262. The van der Waals surface area contributed by atoms with Crippen molar-refractivity contribution in [1.29, 1.82) is 0 Å². The topological polar surface area (TPSA) is 365 Å². The maximum absolute atomic E-state index is 12.7. The van der Waals surface area contributed by atoms with Gasteiger partial charge >= 0.3 is 0 Å². The van der Waals surface area contributed by atoms with Crippen molar-refractivity contribution in [3.05, 3.63) is 215 Å². The second-order valence-electron chi connectivity index (χ2n) is 21.8. The summed E-state index contributed by atoms with van der Waals surface area (Å²) in [5, 5.41) is 29.3. The van der Waals surface area contributed by atoms with Gasteiger partial charge in [0.2, 0.25) is 0 Å². The van der Waals surface area contributed by atoms with E-state index in [0.717, 1.165) is 43.7 Å². The first-order chi connectivity index (χ1) is 45.3. The lowest BCUT2D eigenvalue weighted by Crippen LogP contribution is -2.53. The smallest absolute Gasteiger partial charge is 0.258 e. The number of hydrogen-bond donors (Lipinski definition) is 6. The summed E-state index contributed by atoms with van der Waals surface area (Å²) in [4.78, 5) is 39.4. The molecule has 2 atom stereocenters. The summed E-state index contributed by atoms with van der Waals surface area (Å²) in [7, 11) is -15.1. The number of hydrogen-bond acceptors (Lipinski definition) is 24. The van der Waals surface area contributed by atoms with Gasteiger partial charge in [0, 0.05) is 91.4 Å². The molecule has 25 nitrogen and oxygen atoms in total. The molecule has 0 amide bonds. The number of nitrogens with one attached hydrogen (secondary N) is 4. The van der Waals surface area contributed by atoms with E-state index in [2.05, 4.69) is 73.4 Å². The summed E-state index contributed by atoms with van der Waals surface area (Å²) >= 11 is 16.3. The summed E-state index contributed by atoms with van der Waals surface area (Å²) in [6.07, 6.45) is 7.03. The number of thiophene rings is 1. The SMILES string of the molecule is CCCC(O)C(C)(C)NS(=O)(=O)C1=NCc2ncccc21.Cc1nc(-c2ccc(CNS(=O)(=O)C3=NCc4ncccc43)s2)cs1.O=S(=O)(NC(CO)c1cc(Cl)cc(Cl)c1)C1=NCc2ncccc21.O=S(=O)(NCc1ccc(-c2csnn2)cc1)C1=NCc2ncccc21. The molecule has 13 rings (SSSR count). The Bertz CT molecular complexity index is 4860. The zero-order valence-electron chi connectivity index (χ0n) is 51.0. The van der Waals surface area contributed by atoms with Crippen LogP contribution in [0.15, 0.2) is 159 Å². The molecular formula is C61H61Cl2N15O10S7. The van der Waals surface area contributed by atoms with Crippen LogP contribution in [0.2, 0.25) is 10.0 Å². The number of benzene rings is 2. The molecule has 7 aromatic heterocycles. The van der Waals surface area contributed by atoms with E-state index in [1.165, 1.54) is 28.9 Å². The highest BCUT2D eigenvalue weighted by molar-refractivity contribution is 8.06. The fourth-order valence-electron chi connectivity index (χ4n) is 9.86. The zero-order chi connectivity index (χ0) is 67.7. The lowest BCUT2D eigenvalue weighted by molar-refractivity contribution is 0.0856. The number of thiazole rings is 1. The van der Waals surface area contributed by atoms with E-state index in [9.17, 15) is 43.9 Å². The highest BCUT2D eigenvalue weighted by atomic mass is 35.5. The Balaban J connectivity index is 0.000000138. The van der Waals surface area contributed by atoms with E-state index in [0.29, 0.717) is 80.1 Å². The van der Waals surface area contributed by atoms with Gasteiger partial charge in [0.25, 0.3) is 40.1 Å². The van der Waals surface area contributed by atoms with Gasteiger partial charge in [-0.2, -0.15) is 4.72 Å². The highest BCUT2D eigenvalue weighted by Crippen LogP contribution is 2.31. The van der Waals surface area contributed by atoms with Crippen LogP contribution in [0, 0.1) is 6.92 Å². The van der Waals surface area contributed by atoms with Crippen LogP contribution in [0.1, 0.15) is 106 Å². The van der Waals surface area contributed by atoms with Gasteiger partial charge in [-0.25, -0.2) is 52.8 Å². The van der Waals surface area contributed by atoms with Crippen LogP contribution in [0.3, 0.4) is 0 Å². The van der Waals surface area contributed by atoms with E-state index in [-0.39, 0.29) is 46.4 Å². The molecule has 9 aromatic rings. The molecule has 4 aliphatic heterocycles. The molecule has 0 saturated carbocycles. The number of nitrogens with zero attached hydrogens (tertiary/aromatic N) is 11. The summed E-state index contributed by atoms with van der Waals surface area (Å²) in [6.45, 7) is 8.28. The molecule has 0 fully saturated rings. The molecule has 0 bridgehead atoms. The van der Waals surface area contributed by atoms with Crippen LogP contribution in [-0.2, 0) is 79.4 Å². The van der Waals surface area contributed by atoms with Crippen molar-refractivity contribution in [2.75, 3.05) is 6.61 Å². The van der Waals surface area contributed by atoms with Crippen molar-refractivity contribution >= 4 is 118 Å². The molecule has 0 saturated heterocycles. The van der Waals surface area contributed by atoms with Gasteiger partial charge in [0.1, 0.15) is 5.69 Å². The third-order valence-corrected chi connectivity index (χ3v) is 23.3. The lowest BCUT2D eigenvalue weighted by atomic mass is 9.95. The lowest BCUT2D eigenvalue weighted by Gasteiger charge is -2.31. The van der Waals surface area contributed by atoms with Gasteiger partial charge in [-0.05, 0) is 129 Å². The van der Waals surface area contributed by atoms with E-state index >= 15 is 0 Å². The number of pyridine rings is 4. The number of aliphatic imine (C=N–C) groups is 4. The Labute approximate surface area is 571 Å². The van der Waals surface area contributed by atoms with Crippen LogP contribution in [0.25, 0.3) is 21.8 Å². The minimum atomic E-state index is -3.94. The molecule has 34 heteroatoms. The van der Waals surface area contributed by atoms with Gasteiger partial charge in [-0.3, -0.25) is 39.9 Å². The van der Waals surface area contributed by atoms with E-state index in [1.54, 1.807) is 111 Å². The second-order valence-corrected chi connectivity index (χ2v) is 32.1. The predicted octanol–water partition coefficient (Wildman–Crippen LogP) is 8.44. The van der Waals surface area contributed by atoms with Crippen molar-refractivity contribution in [1.82, 2.24) is 53.4 Å². The number of rotatable bonds is 17. The number of sulfonamides is 4. The number of fused-ring (bicyclic) bond motifs is 4. The van der Waals surface area contributed by atoms with Crippen LogP contribution in [0.5, 0.6) is 0 Å². The van der Waals surface area contributed by atoms with Crippen molar-refractivity contribution in [2.24, 2.45) is 20.0 Å². The van der Waals surface area contributed by atoms with Crippen molar-refractivity contribution in [3.63, 3.8) is 0 Å². The van der Waals surface area contributed by atoms with E-state index in [1.807, 2.05) is 61.0 Å². The largest absolute Gasteiger partial charge is 0.394 e. The quantitative estimate of drug-likeness (QED) is 0.0498. The summed E-state index contributed by atoms with van der Waals surface area (Å²) in [6, 6.07) is 28.7. The average molecular weight is 1460 g/mol. The third-order valence-electron chi connectivity index (χ3n) is 14.6. The normalized spacial score (nSPS) is 14.6. The third kappa shape index (κ3) is 17.3. The van der Waals surface area contributed by atoms with Crippen LogP contribution in [-0.4, -0.2) is 117 Å². The Hall–Kier alpha value is -7.25. The molecular weight excluding hydrogens is 1400 g/mol. The second kappa shape index (κ2) is 30.4.